The van der Waals surface area contributed by atoms with Crippen molar-refractivity contribution in [2.24, 2.45) is 11.8 Å². The molecule has 2 bridgehead atoms. The number of esters is 1. The van der Waals surface area contributed by atoms with Crippen LogP contribution in [-0.2, 0) is 9.53 Å². The minimum Gasteiger partial charge on any atom is -0.458 e. The average molecular weight is 194 g/mol. The number of aliphatic hydroxyl groups is 1. The molecule has 14 heavy (non-hydrogen) atoms. The molecule has 3 nitrogen and oxygen atoms in total. The standard InChI is InChI=1S/C11H14O3/c1-7(6-12)11(13)14-10-5-8-2-3-9(10)4-8/h2-3,8-10,12H,1,4-6H2. The molecule has 0 radical (unpaired) electrons. The zero-order valence-corrected chi connectivity index (χ0v) is 7.98. The lowest BCUT2D eigenvalue weighted by molar-refractivity contribution is -0.145. The first-order valence-electron chi connectivity index (χ1n) is 4.88. The van der Waals surface area contributed by atoms with E-state index in [0.717, 1.165) is 12.8 Å². The van der Waals surface area contributed by atoms with Crippen LogP contribution in [0, 0.1) is 11.8 Å². The van der Waals surface area contributed by atoms with Gasteiger partial charge in [0.15, 0.2) is 0 Å². The summed E-state index contributed by atoms with van der Waals surface area (Å²) >= 11 is 0. The molecule has 0 aliphatic heterocycles. The van der Waals surface area contributed by atoms with E-state index in [0.29, 0.717) is 11.8 Å². The number of allylic oxidation sites excluding steroid dienone is 1. The summed E-state index contributed by atoms with van der Waals surface area (Å²) in [5.74, 6) is 0.508. The van der Waals surface area contributed by atoms with E-state index >= 15 is 0 Å². The number of aliphatic hydroxyl groups excluding tert-OH is 1. The predicted octanol–water partition coefficient (Wildman–Crippen LogP) is 1.04. The van der Waals surface area contributed by atoms with E-state index in [1.807, 2.05) is 0 Å². The van der Waals surface area contributed by atoms with Crippen LogP contribution >= 0.6 is 0 Å². The maximum Gasteiger partial charge on any atom is 0.336 e. The molecule has 2 aliphatic rings. The number of carbonyl (C=O) groups is 1. The normalized spacial score (nSPS) is 33.4. The van der Waals surface area contributed by atoms with Crippen molar-refractivity contribution in [3.05, 3.63) is 24.3 Å². The molecule has 2 rings (SSSR count). The highest BCUT2D eigenvalue weighted by molar-refractivity contribution is 5.88. The molecule has 0 aromatic carbocycles. The summed E-state index contributed by atoms with van der Waals surface area (Å²) in [7, 11) is 0. The molecular formula is C11H14O3. The monoisotopic (exact) mass is 194 g/mol. The van der Waals surface area contributed by atoms with Gasteiger partial charge in [0.2, 0.25) is 0 Å². The Balaban J connectivity index is 1.90. The lowest BCUT2D eigenvalue weighted by Gasteiger charge is -2.18. The fourth-order valence-corrected chi connectivity index (χ4v) is 2.15. The van der Waals surface area contributed by atoms with Gasteiger partial charge in [0, 0.05) is 5.92 Å². The number of hydrogen-bond acceptors (Lipinski definition) is 3. The number of rotatable bonds is 3. The molecule has 0 aromatic heterocycles. The second-order valence-corrected chi connectivity index (χ2v) is 3.99. The van der Waals surface area contributed by atoms with E-state index in [1.165, 1.54) is 0 Å². The Morgan fingerprint density at radius 1 is 1.50 bits per heavy atom. The van der Waals surface area contributed by atoms with E-state index in [1.54, 1.807) is 0 Å². The Bertz CT molecular complexity index is 293. The van der Waals surface area contributed by atoms with Crippen molar-refractivity contribution in [2.75, 3.05) is 6.61 Å². The lowest BCUT2D eigenvalue weighted by atomic mass is 10.0. The SMILES string of the molecule is C=C(CO)C(=O)OC1CC2C=CC1C2. The first-order chi connectivity index (χ1) is 6.70. The van der Waals surface area contributed by atoms with Crippen LogP contribution in [0.15, 0.2) is 24.3 Å². The Kier molecular flexibility index (Phi) is 2.42. The van der Waals surface area contributed by atoms with E-state index in [-0.39, 0.29) is 18.3 Å². The summed E-state index contributed by atoms with van der Waals surface area (Å²) in [6.45, 7) is 3.11. The van der Waals surface area contributed by atoms with E-state index < -0.39 is 5.97 Å². The van der Waals surface area contributed by atoms with Crippen molar-refractivity contribution < 1.29 is 14.6 Å². The Morgan fingerprint density at radius 3 is 2.79 bits per heavy atom. The molecule has 0 spiro atoms. The van der Waals surface area contributed by atoms with Gasteiger partial charge < -0.3 is 9.84 Å². The number of fused-ring (bicyclic) bond motifs is 2. The first-order valence-corrected chi connectivity index (χ1v) is 4.88. The van der Waals surface area contributed by atoms with Gasteiger partial charge in [0.1, 0.15) is 6.10 Å². The van der Waals surface area contributed by atoms with Gasteiger partial charge in [-0.3, -0.25) is 0 Å². The molecule has 76 valence electrons. The van der Waals surface area contributed by atoms with Gasteiger partial charge in [-0.15, -0.1) is 0 Å². The second kappa shape index (κ2) is 3.58. The molecule has 3 unspecified atom stereocenters. The molecule has 3 heteroatoms. The first kappa shape index (κ1) is 9.46. The molecule has 0 saturated heterocycles. The van der Waals surface area contributed by atoms with Gasteiger partial charge in [0.05, 0.1) is 12.2 Å². The van der Waals surface area contributed by atoms with Gasteiger partial charge in [-0.2, -0.15) is 0 Å². The van der Waals surface area contributed by atoms with Gasteiger partial charge in [-0.1, -0.05) is 18.7 Å². The predicted molar refractivity (Wildman–Crippen MR) is 51.5 cm³/mol. The van der Waals surface area contributed by atoms with Crippen LogP contribution in [0.25, 0.3) is 0 Å². The Labute approximate surface area is 83.1 Å². The van der Waals surface area contributed by atoms with Crippen LogP contribution in [0.1, 0.15) is 12.8 Å². The fraction of sp³-hybridized carbons (Fsp3) is 0.545. The maximum atomic E-state index is 11.3. The molecular weight excluding hydrogens is 180 g/mol. The average Bonchev–Trinajstić information content (AvgIpc) is 2.77. The third kappa shape index (κ3) is 1.60. The van der Waals surface area contributed by atoms with Gasteiger partial charge in [0.25, 0.3) is 0 Å². The van der Waals surface area contributed by atoms with E-state index in [2.05, 4.69) is 18.7 Å². The molecule has 3 atom stereocenters. The van der Waals surface area contributed by atoms with Gasteiger partial charge in [-0.05, 0) is 18.8 Å². The van der Waals surface area contributed by atoms with Crippen molar-refractivity contribution >= 4 is 5.97 Å². The van der Waals surface area contributed by atoms with Crippen LogP contribution in [-0.4, -0.2) is 23.8 Å². The highest BCUT2D eigenvalue weighted by Crippen LogP contribution is 2.40. The van der Waals surface area contributed by atoms with Crippen LogP contribution < -0.4 is 0 Å². The van der Waals surface area contributed by atoms with Crippen molar-refractivity contribution in [3.8, 4) is 0 Å². The highest BCUT2D eigenvalue weighted by Gasteiger charge is 2.38. The number of ether oxygens (including phenoxy) is 1. The largest absolute Gasteiger partial charge is 0.458 e. The van der Waals surface area contributed by atoms with Crippen molar-refractivity contribution in [1.29, 1.82) is 0 Å². The third-order valence-electron chi connectivity index (χ3n) is 2.96. The molecule has 1 N–H and O–H groups in total. The van der Waals surface area contributed by atoms with Crippen molar-refractivity contribution in [3.63, 3.8) is 0 Å². The molecule has 0 amide bonds. The van der Waals surface area contributed by atoms with Crippen molar-refractivity contribution in [2.45, 2.75) is 18.9 Å². The zero-order valence-electron chi connectivity index (χ0n) is 7.98. The minimum absolute atomic E-state index is 0.000741. The molecule has 2 aliphatic carbocycles. The summed E-state index contributed by atoms with van der Waals surface area (Å²) in [5.41, 5.74) is 0.136. The third-order valence-corrected chi connectivity index (χ3v) is 2.96. The number of carbonyl (C=O) groups excluding carboxylic acids is 1. The minimum atomic E-state index is -0.460. The molecule has 0 heterocycles. The molecule has 0 aromatic rings. The summed E-state index contributed by atoms with van der Waals surface area (Å²) < 4.78 is 5.25. The smallest absolute Gasteiger partial charge is 0.336 e. The highest BCUT2D eigenvalue weighted by atomic mass is 16.5. The van der Waals surface area contributed by atoms with Crippen LogP contribution in [0.2, 0.25) is 0 Å². The van der Waals surface area contributed by atoms with Crippen LogP contribution in [0.4, 0.5) is 0 Å². The van der Waals surface area contributed by atoms with Gasteiger partial charge in [-0.25, -0.2) is 4.79 Å². The number of hydrogen-bond donors (Lipinski definition) is 1. The van der Waals surface area contributed by atoms with Gasteiger partial charge >= 0.3 is 5.97 Å². The Hall–Kier alpha value is -1.09. The second-order valence-electron chi connectivity index (χ2n) is 3.99. The summed E-state index contributed by atoms with van der Waals surface area (Å²) in [6.07, 6.45) is 6.33. The molecule has 1 saturated carbocycles. The van der Waals surface area contributed by atoms with E-state index in [4.69, 9.17) is 9.84 Å². The van der Waals surface area contributed by atoms with Crippen LogP contribution in [0.3, 0.4) is 0 Å². The zero-order chi connectivity index (χ0) is 10.1. The van der Waals surface area contributed by atoms with Crippen LogP contribution in [0.5, 0.6) is 0 Å². The molecule has 1 fully saturated rings. The summed E-state index contributed by atoms with van der Waals surface area (Å²) in [4.78, 5) is 11.3. The Morgan fingerprint density at radius 2 is 2.29 bits per heavy atom. The fourth-order valence-electron chi connectivity index (χ4n) is 2.15. The summed E-state index contributed by atoms with van der Waals surface area (Å²) in [6, 6.07) is 0. The van der Waals surface area contributed by atoms with Crippen molar-refractivity contribution in [1.82, 2.24) is 0 Å². The topological polar surface area (TPSA) is 46.5 Å². The maximum absolute atomic E-state index is 11.3. The summed E-state index contributed by atoms with van der Waals surface area (Å²) in [5, 5.41) is 8.70. The lowest BCUT2D eigenvalue weighted by Crippen LogP contribution is -2.23. The van der Waals surface area contributed by atoms with E-state index in [9.17, 15) is 4.79 Å². The quantitative estimate of drug-likeness (QED) is 0.415.